The van der Waals surface area contributed by atoms with E-state index in [9.17, 15) is 14.8 Å². The first kappa shape index (κ1) is 17.4. The molecule has 1 aromatic heterocycles. The summed E-state index contributed by atoms with van der Waals surface area (Å²) in [5.41, 5.74) is 1.89. The van der Waals surface area contributed by atoms with E-state index >= 15 is 0 Å². The van der Waals surface area contributed by atoms with Crippen LogP contribution in [-0.2, 0) is 4.79 Å². The Balaban J connectivity index is 1.85. The van der Waals surface area contributed by atoms with E-state index in [0.29, 0.717) is 42.5 Å². The lowest BCUT2D eigenvalue weighted by molar-refractivity contribution is -0.908. The molecule has 1 fully saturated rings. The van der Waals surface area contributed by atoms with E-state index in [1.807, 2.05) is 6.92 Å². The Bertz CT molecular complexity index is 591. The summed E-state index contributed by atoms with van der Waals surface area (Å²) >= 11 is 0. The summed E-state index contributed by atoms with van der Waals surface area (Å²) in [5, 5.41) is 12.6. The second-order valence-electron chi connectivity index (χ2n) is 6.27. The number of carbonyl (C=O) groups excluding carboxylic acids is 2. The number of carbonyl (C=O) groups is 2. The van der Waals surface area contributed by atoms with Gasteiger partial charge in [0.25, 0.3) is 5.91 Å². The molecular weight excluding hydrogens is 294 g/mol. The van der Waals surface area contributed by atoms with E-state index < -0.39 is 0 Å². The SMILES string of the molecule is Cc1cc[n+](O)c(C)c1C(=O)NCCC(C)N1CCC(=O)CC1. The minimum absolute atomic E-state index is 0.163. The predicted molar refractivity (Wildman–Crippen MR) is 85.5 cm³/mol. The third-order valence-electron chi connectivity index (χ3n) is 4.62. The Morgan fingerprint density at radius 1 is 1.39 bits per heavy atom. The molecule has 6 heteroatoms. The van der Waals surface area contributed by atoms with Crippen LogP contribution in [0.15, 0.2) is 12.3 Å². The Morgan fingerprint density at radius 3 is 2.70 bits per heavy atom. The highest BCUT2D eigenvalue weighted by molar-refractivity contribution is 5.96. The minimum atomic E-state index is -0.163. The molecule has 2 N–H and O–H groups in total. The molecule has 0 spiro atoms. The first-order valence-corrected chi connectivity index (χ1v) is 8.15. The van der Waals surface area contributed by atoms with Crippen molar-refractivity contribution in [2.45, 2.75) is 46.1 Å². The number of aryl methyl sites for hydroxylation is 1. The molecule has 0 bridgehead atoms. The molecule has 1 amide bonds. The van der Waals surface area contributed by atoms with Crippen molar-refractivity contribution in [2.24, 2.45) is 0 Å². The summed E-state index contributed by atoms with van der Waals surface area (Å²) in [6, 6.07) is 2.05. The zero-order valence-electron chi connectivity index (χ0n) is 14.1. The number of ketones is 1. The van der Waals surface area contributed by atoms with Gasteiger partial charge in [-0.3, -0.25) is 19.7 Å². The van der Waals surface area contributed by atoms with Crippen LogP contribution in [0.25, 0.3) is 0 Å². The van der Waals surface area contributed by atoms with Gasteiger partial charge in [0.1, 0.15) is 11.3 Å². The minimum Gasteiger partial charge on any atom is -0.352 e. The molecule has 0 saturated carbocycles. The number of amides is 1. The highest BCUT2D eigenvalue weighted by Gasteiger charge is 2.22. The van der Waals surface area contributed by atoms with Crippen molar-refractivity contribution < 1.29 is 19.5 Å². The second-order valence-corrected chi connectivity index (χ2v) is 6.27. The van der Waals surface area contributed by atoms with Crippen molar-refractivity contribution in [3.8, 4) is 0 Å². The van der Waals surface area contributed by atoms with Gasteiger partial charge in [-0.2, -0.15) is 0 Å². The van der Waals surface area contributed by atoms with Gasteiger partial charge >= 0.3 is 0 Å². The normalized spacial score (nSPS) is 17.1. The van der Waals surface area contributed by atoms with Gasteiger partial charge in [-0.25, -0.2) is 0 Å². The number of nitrogens with one attached hydrogen (secondary N) is 1. The van der Waals surface area contributed by atoms with Crippen molar-refractivity contribution >= 4 is 11.7 Å². The number of likely N-dealkylation sites (tertiary alicyclic amines) is 1. The number of nitrogens with zero attached hydrogens (tertiary/aromatic N) is 2. The fourth-order valence-corrected chi connectivity index (χ4v) is 3.00. The van der Waals surface area contributed by atoms with Crippen LogP contribution < -0.4 is 10.0 Å². The summed E-state index contributed by atoms with van der Waals surface area (Å²) in [7, 11) is 0. The molecule has 1 saturated heterocycles. The van der Waals surface area contributed by atoms with Crippen LogP contribution in [-0.4, -0.2) is 47.5 Å². The van der Waals surface area contributed by atoms with Crippen LogP contribution in [0.2, 0.25) is 0 Å². The van der Waals surface area contributed by atoms with E-state index in [2.05, 4.69) is 17.1 Å². The number of aromatic nitrogens is 1. The zero-order valence-corrected chi connectivity index (χ0v) is 14.1. The molecule has 2 rings (SSSR count). The van der Waals surface area contributed by atoms with Gasteiger partial charge in [-0.05, 0) is 25.8 Å². The summed E-state index contributed by atoms with van der Waals surface area (Å²) in [6.45, 7) is 7.90. The standard InChI is InChI=1S/C17H25N3O3/c1-12-5-11-20(23)14(3)16(12)17(22)18-8-4-13(2)19-9-6-15(21)7-10-19/h5,11,13H,4,6-10H2,1-3H3,(H-,18,22,23)/p+1. The van der Waals surface area contributed by atoms with Gasteiger partial charge in [0.15, 0.2) is 0 Å². The van der Waals surface area contributed by atoms with Crippen molar-refractivity contribution in [3.63, 3.8) is 0 Å². The molecular formula is C17H26N3O3+. The van der Waals surface area contributed by atoms with E-state index in [1.54, 1.807) is 13.0 Å². The van der Waals surface area contributed by atoms with E-state index in [1.165, 1.54) is 6.20 Å². The van der Waals surface area contributed by atoms with Crippen molar-refractivity contribution in [2.75, 3.05) is 19.6 Å². The van der Waals surface area contributed by atoms with Crippen LogP contribution in [0.1, 0.15) is 47.8 Å². The van der Waals surface area contributed by atoms with Crippen LogP contribution in [0.3, 0.4) is 0 Å². The quantitative estimate of drug-likeness (QED) is 0.627. The average Bonchev–Trinajstić information content (AvgIpc) is 2.52. The van der Waals surface area contributed by atoms with Gasteiger partial charge in [0.2, 0.25) is 11.9 Å². The maximum atomic E-state index is 12.3. The zero-order chi connectivity index (χ0) is 17.0. The lowest BCUT2D eigenvalue weighted by Crippen LogP contribution is -2.42. The van der Waals surface area contributed by atoms with Crippen LogP contribution in [0.5, 0.6) is 0 Å². The maximum absolute atomic E-state index is 12.3. The molecule has 0 aromatic carbocycles. The summed E-state index contributed by atoms with van der Waals surface area (Å²) in [6.07, 6.45) is 3.64. The largest absolute Gasteiger partial charge is 0.352 e. The van der Waals surface area contributed by atoms with E-state index in [0.717, 1.165) is 29.8 Å². The van der Waals surface area contributed by atoms with Gasteiger partial charge in [0.05, 0.1) is 0 Å². The van der Waals surface area contributed by atoms with Crippen molar-refractivity contribution in [3.05, 3.63) is 29.1 Å². The van der Waals surface area contributed by atoms with E-state index in [4.69, 9.17) is 0 Å². The van der Waals surface area contributed by atoms with Crippen LogP contribution in [0.4, 0.5) is 0 Å². The molecule has 1 unspecified atom stereocenters. The van der Waals surface area contributed by atoms with Crippen LogP contribution in [0, 0.1) is 13.8 Å². The highest BCUT2D eigenvalue weighted by atomic mass is 16.5. The Kier molecular flexibility index (Phi) is 5.71. The predicted octanol–water partition coefficient (Wildman–Crippen LogP) is 1.00. The number of Topliss-reactive ketones (excluding diaryl/α,β-unsaturated/α-hetero) is 1. The fraction of sp³-hybridized carbons (Fsp3) is 0.588. The molecule has 2 heterocycles. The number of rotatable bonds is 5. The Labute approximate surface area is 137 Å². The molecule has 1 aliphatic heterocycles. The smallest absolute Gasteiger partial charge is 0.258 e. The molecule has 1 aromatic rings. The van der Waals surface area contributed by atoms with Gasteiger partial charge in [-0.1, -0.05) is 0 Å². The average molecular weight is 320 g/mol. The van der Waals surface area contributed by atoms with Crippen molar-refractivity contribution in [1.82, 2.24) is 10.2 Å². The number of pyridine rings is 1. The third-order valence-corrected chi connectivity index (χ3v) is 4.62. The van der Waals surface area contributed by atoms with Crippen LogP contribution >= 0.6 is 0 Å². The summed E-state index contributed by atoms with van der Waals surface area (Å²) in [5.74, 6) is 0.179. The van der Waals surface area contributed by atoms with Gasteiger partial charge in [-0.15, -0.1) is 0 Å². The monoisotopic (exact) mass is 320 g/mol. The summed E-state index contributed by atoms with van der Waals surface area (Å²) < 4.78 is 0.968. The van der Waals surface area contributed by atoms with Gasteiger partial charge in [0, 0.05) is 56.2 Å². The lowest BCUT2D eigenvalue weighted by atomic mass is 10.1. The molecule has 1 aliphatic rings. The summed E-state index contributed by atoms with van der Waals surface area (Å²) in [4.78, 5) is 25.9. The Morgan fingerprint density at radius 2 is 2.04 bits per heavy atom. The number of hydrogen-bond acceptors (Lipinski definition) is 4. The third kappa shape index (κ3) is 4.28. The second kappa shape index (κ2) is 7.55. The first-order valence-electron chi connectivity index (χ1n) is 8.15. The molecule has 0 radical (unpaired) electrons. The molecule has 1 atom stereocenters. The Hall–Kier alpha value is -1.95. The van der Waals surface area contributed by atoms with E-state index in [-0.39, 0.29) is 5.91 Å². The number of hydrogen-bond donors (Lipinski definition) is 2. The molecule has 6 nitrogen and oxygen atoms in total. The lowest BCUT2D eigenvalue weighted by Gasteiger charge is -2.31. The molecule has 0 aliphatic carbocycles. The number of piperidine rings is 1. The highest BCUT2D eigenvalue weighted by Crippen LogP contribution is 2.12. The van der Waals surface area contributed by atoms with Crippen molar-refractivity contribution in [1.29, 1.82) is 0 Å². The molecule has 23 heavy (non-hydrogen) atoms. The first-order chi connectivity index (χ1) is 10.9. The fourth-order valence-electron chi connectivity index (χ4n) is 3.00. The van der Waals surface area contributed by atoms with Gasteiger partial charge < -0.3 is 5.32 Å². The topological polar surface area (TPSA) is 73.5 Å². The maximum Gasteiger partial charge on any atom is 0.258 e. The molecule has 126 valence electrons.